The summed E-state index contributed by atoms with van der Waals surface area (Å²) in [6.45, 7) is 0. The van der Waals surface area contributed by atoms with E-state index in [9.17, 15) is 0 Å². The molecule has 2 heteroatoms. The average Bonchev–Trinajstić information content (AvgIpc) is 3.79. The van der Waals surface area contributed by atoms with E-state index in [1.54, 1.807) is 0 Å². The highest BCUT2D eigenvalue weighted by Crippen LogP contribution is 2.60. The molecule has 9 aromatic carbocycles. The monoisotopic (exact) mass is 701 g/mol. The Morgan fingerprint density at radius 1 is 0.364 bits per heavy atom. The second kappa shape index (κ2) is 12.5. The minimum atomic E-state index is -0.532. The Hall–Kier alpha value is -7.16. The van der Waals surface area contributed by atoms with Crippen LogP contribution in [0.25, 0.3) is 55.0 Å². The molecule has 0 saturated carbocycles. The van der Waals surface area contributed by atoms with Crippen molar-refractivity contribution in [2.45, 2.75) is 5.41 Å². The van der Waals surface area contributed by atoms with Crippen LogP contribution in [-0.2, 0) is 5.41 Å². The van der Waals surface area contributed by atoms with E-state index in [0.29, 0.717) is 0 Å². The molecule has 0 radical (unpaired) electrons. The molecule has 0 unspecified atom stereocenters. The van der Waals surface area contributed by atoms with Crippen LogP contribution in [0.4, 0.5) is 17.1 Å². The molecule has 11 rings (SSSR count). The molecule has 10 aromatic rings. The van der Waals surface area contributed by atoms with Crippen molar-refractivity contribution in [3.8, 4) is 22.3 Å². The van der Waals surface area contributed by atoms with Gasteiger partial charge in [0.25, 0.3) is 0 Å². The van der Waals surface area contributed by atoms with Crippen LogP contribution >= 0.6 is 0 Å². The molecule has 1 aliphatic rings. The van der Waals surface area contributed by atoms with Crippen LogP contribution in [0.1, 0.15) is 22.3 Å². The largest absolute Gasteiger partial charge is 0.456 e. The normalized spacial score (nSPS) is 12.9. The zero-order valence-corrected chi connectivity index (χ0v) is 30.1. The van der Waals surface area contributed by atoms with Gasteiger partial charge in [0, 0.05) is 16.5 Å². The van der Waals surface area contributed by atoms with Crippen molar-refractivity contribution in [2.75, 3.05) is 4.90 Å². The Bertz CT molecular complexity index is 3000. The molecule has 0 N–H and O–H groups in total. The number of hydrogen-bond donors (Lipinski definition) is 0. The molecule has 1 aliphatic carbocycles. The Labute approximate surface area is 320 Å². The van der Waals surface area contributed by atoms with Gasteiger partial charge in [0.05, 0.1) is 27.9 Å². The van der Waals surface area contributed by atoms with Crippen molar-refractivity contribution in [1.82, 2.24) is 0 Å². The summed E-state index contributed by atoms with van der Waals surface area (Å²) in [4.78, 5) is 2.51. The first-order valence-corrected chi connectivity index (χ1v) is 18.9. The molecule has 0 atom stereocenters. The zero-order chi connectivity index (χ0) is 36.3. The quantitative estimate of drug-likeness (QED) is 0.172. The van der Waals surface area contributed by atoms with Gasteiger partial charge in [-0.1, -0.05) is 182 Å². The van der Waals surface area contributed by atoms with Crippen molar-refractivity contribution >= 4 is 49.8 Å². The van der Waals surface area contributed by atoms with Crippen LogP contribution in [0.2, 0.25) is 0 Å². The molecular formula is C53H35NO. The first-order chi connectivity index (χ1) is 27.3. The third-order valence-electron chi connectivity index (χ3n) is 11.5. The standard InChI is InChI=1S/C53H35NO/c1-4-19-37(20-5-1)50-40-25-11-10-18-36(40)34-35-47(50)54(46-31-17-33-49-52(46)42-27-13-15-32-48(42)55-49)45-30-16-29-44-51(45)41-26-12-14-28-43(41)53(44,38-21-6-2-7-22-38)39-23-8-3-9-24-39/h1-35H. The third kappa shape index (κ3) is 4.62. The Kier molecular flexibility index (Phi) is 7.11. The predicted molar refractivity (Wildman–Crippen MR) is 229 cm³/mol. The second-order valence-electron chi connectivity index (χ2n) is 14.4. The van der Waals surface area contributed by atoms with E-state index in [1.165, 1.54) is 55.3 Å². The Balaban J connectivity index is 1.31. The third-order valence-corrected chi connectivity index (χ3v) is 11.5. The molecule has 258 valence electrons. The van der Waals surface area contributed by atoms with Gasteiger partial charge in [-0.25, -0.2) is 0 Å². The maximum absolute atomic E-state index is 6.57. The van der Waals surface area contributed by atoms with E-state index < -0.39 is 5.41 Å². The molecular weight excluding hydrogens is 667 g/mol. The van der Waals surface area contributed by atoms with Gasteiger partial charge in [0.2, 0.25) is 0 Å². The summed E-state index contributed by atoms with van der Waals surface area (Å²) in [7, 11) is 0. The lowest BCUT2D eigenvalue weighted by molar-refractivity contribution is 0.669. The van der Waals surface area contributed by atoms with Gasteiger partial charge < -0.3 is 9.32 Å². The van der Waals surface area contributed by atoms with Crippen molar-refractivity contribution in [1.29, 1.82) is 0 Å². The lowest BCUT2D eigenvalue weighted by Gasteiger charge is -2.35. The summed E-state index contributed by atoms with van der Waals surface area (Å²) in [5, 5.41) is 4.59. The highest BCUT2D eigenvalue weighted by Gasteiger charge is 2.47. The van der Waals surface area contributed by atoms with E-state index in [2.05, 4.69) is 211 Å². The fourth-order valence-corrected chi connectivity index (χ4v) is 9.35. The number of furan rings is 1. The van der Waals surface area contributed by atoms with E-state index in [4.69, 9.17) is 4.42 Å². The zero-order valence-electron chi connectivity index (χ0n) is 30.1. The minimum absolute atomic E-state index is 0.532. The number of benzene rings is 9. The number of hydrogen-bond acceptors (Lipinski definition) is 2. The predicted octanol–water partition coefficient (Wildman–Crippen LogP) is 14.2. The molecule has 0 amide bonds. The molecule has 2 nitrogen and oxygen atoms in total. The van der Waals surface area contributed by atoms with Gasteiger partial charge in [0.15, 0.2) is 0 Å². The summed E-state index contributed by atoms with van der Waals surface area (Å²) in [6.07, 6.45) is 0. The van der Waals surface area contributed by atoms with E-state index in [1.807, 2.05) is 6.07 Å². The van der Waals surface area contributed by atoms with Crippen LogP contribution < -0.4 is 4.90 Å². The molecule has 0 spiro atoms. The summed E-state index contributed by atoms with van der Waals surface area (Å²) >= 11 is 0. The second-order valence-corrected chi connectivity index (χ2v) is 14.4. The lowest BCUT2D eigenvalue weighted by atomic mass is 9.68. The fraction of sp³-hybridized carbons (Fsp3) is 0.0189. The molecule has 55 heavy (non-hydrogen) atoms. The SMILES string of the molecule is c1ccc(-c2c(N(c3cccc4c3-c3ccccc3C4(c3ccccc3)c3ccccc3)c3cccc4oc5ccccc5c34)ccc3ccccc23)cc1. The Morgan fingerprint density at radius 3 is 1.71 bits per heavy atom. The topological polar surface area (TPSA) is 16.4 Å². The maximum atomic E-state index is 6.57. The average molecular weight is 702 g/mol. The van der Waals surface area contributed by atoms with Crippen LogP contribution in [-0.4, -0.2) is 0 Å². The first-order valence-electron chi connectivity index (χ1n) is 18.9. The highest BCUT2D eigenvalue weighted by molar-refractivity contribution is 6.16. The van der Waals surface area contributed by atoms with Crippen molar-refractivity contribution < 1.29 is 4.42 Å². The number of nitrogens with zero attached hydrogens (tertiary/aromatic N) is 1. The van der Waals surface area contributed by atoms with Gasteiger partial charge in [-0.15, -0.1) is 0 Å². The molecule has 0 fully saturated rings. The molecule has 1 aromatic heterocycles. The fourth-order valence-electron chi connectivity index (χ4n) is 9.35. The van der Waals surface area contributed by atoms with Crippen LogP contribution in [0.3, 0.4) is 0 Å². The van der Waals surface area contributed by atoms with E-state index >= 15 is 0 Å². The number of fused-ring (bicyclic) bond motifs is 7. The van der Waals surface area contributed by atoms with Gasteiger partial charge in [-0.3, -0.25) is 0 Å². The van der Waals surface area contributed by atoms with Gasteiger partial charge >= 0.3 is 0 Å². The summed E-state index contributed by atoms with van der Waals surface area (Å²) < 4.78 is 6.57. The summed E-state index contributed by atoms with van der Waals surface area (Å²) in [5.74, 6) is 0. The Morgan fingerprint density at radius 2 is 0.927 bits per heavy atom. The van der Waals surface area contributed by atoms with E-state index in [-0.39, 0.29) is 0 Å². The smallest absolute Gasteiger partial charge is 0.137 e. The van der Waals surface area contributed by atoms with Crippen LogP contribution in [0.15, 0.2) is 217 Å². The number of rotatable bonds is 6. The van der Waals surface area contributed by atoms with E-state index in [0.717, 1.165) is 39.0 Å². The summed E-state index contributed by atoms with van der Waals surface area (Å²) in [6, 6.07) is 77.1. The van der Waals surface area contributed by atoms with Crippen LogP contribution in [0.5, 0.6) is 0 Å². The molecule has 0 aliphatic heterocycles. The highest BCUT2D eigenvalue weighted by atomic mass is 16.3. The van der Waals surface area contributed by atoms with Gasteiger partial charge in [-0.05, 0) is 74.5 Å². The first kappa shape index (κ1) is 31.4. The van der Waals surface area contributed by atoms with Crippen molar-refractivity contribution in [2.24, 2.45) is 0 Å². The van der Waals surface area contributed by atoms with Gasteiger partial charge in [0.1, 0.15) is 11.2 Å². The molecule has 0 bridgehead atoms. The maximum Gasteiger partial charge on any atom is 0.137 e. The van der Waals surface area contributed by atoms with Crippen molar-refractivity contribution in [3.05, 3.63) is 235 Å². The van der Waals surface area contributed by atoms with Crippen molar-refractivity contribution in [3.63, 3.8) is 0 Å². The number of anilines is 3. The van der Waals surface area contributed by atoms with Crippen LogP contribution in [0, 0.1) is 0 Å². The molecule has 0 saturated heterocycles. The lowest BCUT2D eigenvalue weighted by Crippen LogP contribution is -2.28. The van der Waals surface area contributed by atoms with Gasteiger partial charge in [-0.2, -0.15) is 0 Å². The minimum Gasteiger partial charge on any atom is -0.456 e. The molecule has 1 heterocycles. The number of para-hydroxylation sites is 1. The summed E-state index contributed by atoms with van der Waals surface area (Å²) in [5.41, 5.74) is 14.3.